The molecular weight excluding hydrogens is 310 g/mol. The van der Waals surface area contributed by atoms with Crippen LogP contribution in [0.4, 0.5) is 0 Å². The third kappa shape index (κ3) is 9.64. The van der Waals surface area contributed by atoms with Crippen LogP contribution < -0.4 is 0 Å². The monoisotopic (exact) mass is 325 g/mol. The molecule has 20 heavy (non-hydrogen) atoms. The number of hydrogen-bond acceptors (Lipinski definition) is 7. The van der Waals surface area contributed by atoms with Crippen molar-refractivity contribution in [3.63, 3.8) is 0 Å². The minimum absolute atomic E-state index is 0.130. The fourth-order valence-corrected chi connectivity index (χ4v) is 2.90. The predicted octanol–water partition coefficient (Wildman–Crippen LogP) is 0.842. The Bertz CT molecular complexity index is 341. The normalized spacial score (nSPS) is 13.9. The number of aliphatic carboxylic acids is 2. The van der Waals surface area contributed by atoms with Gasteiger partial charge in [0.05, 0.1) is 12.8 Å². The van der Waals surface area contributed by atoms with E-state index >= 15 is 0 Å². The van der Waals surface area contributed by atoms with E-state index in [4.69, 9.17) is 15.4 Å². The van der Waals surface area contributed by atoms with Crippen molar-refractivity contribution in [1.82, 2.24) is 5.06 Å². The Labute approximate surface area is 122 Å². The fourth-order valence-electron chi connectivity index (χ4n) is 0.941. The van der Waals surface area contributed by atoms with Crippen LogP contribution in [0.15, 0.2) is 0 Å². The van der Waals surface area contributed by atoms with Crippen molar-refractivity contribution in [2.75, 3.05) is 11.5 Å². The SMILES string of the molecule is O=C(O)CCSSCCC(=O)O.O=C1CCC(=O)N1O. The van der Waals surface area contributed by atoms with Gasteiger partial charge in [0.25, 0.3) is 11.8 Å². The van der Waals surface area contributed by atoms with Crippen LogP contribution in [0.3, 0.4) is 0 Å². The highest BCUT2D eigenvalue weighted by Gasteiger charge is 2.26. The molecule has 0 aromatic heterocycles. The molecule has 8 nitrogen and oxygen atoms in total. The van der Waals surface area contributed by atoms with Gasteiger partial charge >= 0.3 is 11.9 Å². The van der Waals surface area contributed by atoms with E-state index in [2.05, 4.69) is 0 Å². The van der Waals surface area contributed by atoms with Crippen molar-refractivity contribution in [3.8, 4) is 0 Å². The number of hydroxylamine groups is 2. The van der Waals surface area contributed by atoms with Gasteiger partial charge in [0.1, 0.15) is 0 Å². The van der Waals surface area contributed by atoms with Gasteiger partial charge in [0.2, 0.25) is 0 Å². The summed E-state index contributed by atoms with van der Waals surface area (Å²) >= 11 is 0. The lowest BCUT2D eigenvalue weighted by molar-refractivity contribution is -0.171. The van der Waals surface area contributed by atoms with Gasteiger partial charge < -0.3 is 10.2 Å². The van der Waals surface area contributed by atoms with Crippen LogP contribution in [0, 0.1) is 0 Å². The maximum atomic E-state index is 10.2. The largest absolute Gasteiger partial charge is 0.481 e. The fraction of sp³-hybridized carbons (Fsp3) is 0.600. The van der Waals surface area contributed by atoms with Crippen LogP contribution >= 0.6 is 21.6 Å². The minimum Gasteiger partial charge on any atom is -0.481 e. The second kappa shape index (κ2) is 10.5. The summed E-state index contributed by atoms with van der Waals surface area (Å²) < 4.78 is 0. The number of nitrogens with zero attached hydrogens (tertiary/aromatic N) is 1. The summed E-state index contributed by atoms with van der Waals surface area (Å²) in [6.07, 6.45) is 0.556. The van der Waals surface area contributed by atoms with E-state index in [9.17, 15) is 19.2 Å². The Kier molecular flexibility index (Phi) is 9.86. The molecule has 1 aliphatic rings. The summed E-state index contributed by atoms with van der Waals surface area (Å²) in [5.41, 5.74) is 0. The van der Waals surface area contributed by atoms with Gasteiger partial charge in [0.15, 0.2) is 0 Å². The Balaban J connectivity index is 0.000000388. The van der Waals surface area contributed by atoms with Gasteiger partial charge in [-0.25, -0.2) is 0 Å². The Morgan fingerprint density at radius 3 is 1.50 bits per heavy atom. The van der Waals surface area contributed by atoms with Gasteiger partial charge in [-0.1, -0.05) is 21.6 Å². The summed E-state index contributed by atoms with van der Waals surface area (Å²) in [5.74, 6) is -1.59. The van der Waals surface area contributed by atoms with Crippen LogP contribution in [0.1, 0.15) is 25.7 Å². The molecular formula is C10H15NO7S2. The highest BCUT2D eigenvalue weighted by molar-refractivity contribution is 8.76. The lowest BCUT2D eigenvalue weighted by Gasteiger charge is -1.98. The molecule has 0 radical (unpaired) electrons. The smallest absolute Gasteiger partial charge is 0.304 e. The summed E-state index contributed by atoms with van der Waals surface area (Å²) in [5, 5.41) is 25.1. The van der Waals surface area contributed by atoms with E-state index in [-0.39, 0.29) is 30.7 Å². The van der Waals surface area contributed by atoms with Crippen LogP contribution in [0.5, 0.6) is 0 Å². The van der Waals surface area contributed by atoms with Crippen LogP contribution in [0.25, 0.3) is 0 Å². The molecule has 1 aliphatic heterocycles. The number of carbonyl (C=O) groups excluding carboxylic acids is 2. The van der Waals surface area contributed by atoms with Gasteiger partial charge in [-0.15, -0.1) is 0 Å². The molecule has 1 saturated heterocycles. The van der Waals surface area contributed by atoms with Gasteiger partial charge in [-0.3, -0.25) is 24.4 Å². The predicted molar refractivity (Wildman–Crippen MR) is 72.3 cm³/mol. The molecule has 0 aliphatic carbocycles. The topological polar surface area (TPSA) is 132 Å². The Morgan fingerprint density at radius 2 is 1.30 bits per heavy atom. The molecule has 1 heterocycles. The van der Waals surface area contributed by atoms with E-state index in [1.54, 1.807) is 0 Å². The number of rotatable bonds is 7. The standard InChI is InChI=1S/C6H10O4S2.C4H5NO3/c7-5(8)1-3-11-12-4-2-6(9)10;6-3-1-2-4(7)5(3)8/h1-4H2,(H,7,8)(H,9,10);8H,1-2H2. The Morgan fingerprint density at radius 1 is 0.950 bits per heavy atom. The van der Waals surface area contributed by atoms with Crippen LogP contribution in [-0.2, 0) is 19.2 Å². The van der Waals surface area contributed by atoms with Crippen molar-refractivity contribution in [1.29, 1.82) is 0 Å². The molecule has 0 unspecified atom stereocenters. The van der Waals surface area contributed by atoms with Crippen molar-refractivity contribution >= 4 is 45.3 Å². The number of amides is 2. The summed E-state index contributed by atoms with van der Waals surface area (Å²) in [6.45, 7) is 0. The van der Waals surface area contributed by atoms with Crippen molar-refractivity contribution < 1.29 is 34.6 Å². The lowest BCUT2D eigenvalue weighted by Crippen LogP contribution is -2.24. The van der Waals surface area contributed by atoms with E-state index in [1.165, 1.54) is 21.6 Å². The quantitative estimate of drug-likeness (QED) is 0.269. The third-order valence-corrected chi connectivity index (χ3v) is 4.32. The number of carboxylic acids is 2. The molecule has 0 atom stereocenters. The average molecular weight is 325 g/mol. The van der Waals surface area contributed by atoms with Crippen LogP contribution in [0.2, 0.25) is 0 Å². The van der Waals surface area contributed by atoms with E-state index in [0.717, 1.165) is 0 Å². The highest BCUT2D eigenvalue weighted by atomic mass is 33.1. The molecule has 1 fully saturated rings. The molecule has 0 saturated carbocycles. The molecule has 1 rings (SSSR count). The molecule has 0 aromatic carbocycles. The van der Waals surface area contributed by atoms with E-state index in [1.807, 2.05) is 0 Å². The van der Waals surface area contributed by atoms with Gasteiger partial charge in [0, 0.05) is 24.3 Å². The number of carboxylic acid groups (broad SMARTS) is 2. The number of carbonyl (C=O) groups is 4. The maximum Gasteiger partial charge on any atom is 0.304 e. The lowest BCUT2D eigenvalue weighted by atomic mass is 10.4. The minimum atomic E-state index is -0.818. The molecule has 10 heteroatoms. The molecule has 0 aromatic rings. The first-order valence-electron chi connectivity index (χ1n) is 5.57. The zero-order chi connectivity index (χ0) is 15.5. The maximum absolute atomic E-state index is 10.2. The zero-order valence-corrected chi connectivity index (χ0v) is 12.1. The molecule has 114 valence electrons. The van der Waals surface area contributed by atoms with Crippen molar-refractivity contribution in [3.05, 3.63) is 0 Å². The summed E-state index contributed by atoms with van der Waals surface area (Å²) in [4.78, 5) is 40.5. The van der Waals surface area contributed by atoms with E-state index in [0.29, 0.717) is 11.5 Å². The first-order valence-corrected chi connectivity index (χ1v) is 8.06. The van der Waals surface area contributed by atoms with E-state index < -0.39 is 23.8 Å². The van der Waals surface area contributed by atoms with Crippen LogP contribution in [-0.4, -0.2) is 55.7 Å². The Hall–Kier alpha value is -1.26. The summed E-state index contributed by atoms with van der Waals surface area (Å²) in [6, 6.07) is 0. The number of imide groups is 1. The van der Waals surface area contributed by atoms with Gasteiger partial charge in [-0.05, 0) is 0 Å². The highest BCUT2D eigenvalue weighted by Crippen LogP contribution is 2.22. The van der Waals surface area contributed by atoms with Crippen molar-refractivity contribution in [2.45, 2.75) is 25.7 Å². The zero-order valence-electron chi connectivity index (χ0n) is 10.5. The third-order valence-electron chi connectivity index (χ3n) is 1.91. The first kappa shape index (κ1) is 18.7. The second-order valence-corrected chi connectivity index (χ2v) is 6.23. The van der Waals surface area contributed by atoms with Gasteiger partial charge in [-0.2, -0.15) is 5.06 Å². The number of hydrogen-bond donors (Lipinski definition) is 3. The summed E-state index contributed by atoms with van der Waals surface area (Å²) in [7, 11) is 2.79. The molecule has 0 bridgehead atoms. The van der Waals surface area contributed by atoms with Crippen molar-refractivity contribution in [2.24, 2.45) is 0 Å². The molecule has 3 N–H and O–H groups in total. The second-order valence-electron chi connectivity index (χ2n) is 3.53. The molecule has 0 spiro atoms. The molecule has 2 amide bonds. The average Bonchev–Trinajstić information content (AvgIpc) is 2.65. The first-order chi connectivity index (χ1) is 9.34.